The second-order valence-corrected chi connectivity index (χ2v) is 2.78. The van der Waals surface area contributed by atoms with Crippen LogP contribution in [0.3, 0.4) is 0 Å². The van der Waals surface area contributed by atoms with Gasteiger partial charge in [-0.2, -0.15) is 0 Å². The van der Waals surface area contributed by atoms with Crippen molar-refractivity contribution in [2.24, 2.45) is 0 Å². The van der Waals surface area contributed by atoms with Gasteiger partial charge in [-0.25, -0.2) is 9.97 Å². The zero-order valence-electron chi connectivity index (χ0n) is 7.79. The standard InChI is InChI=1S/C10H8N2O3/c13-6-8-4-11-10(12-5-8)15-7-9-2-1-3-14-9/h1-6H,7H2. The van der Waals surface area contributed by atoms with E-state index in [-0.39, 0.29) is 12.6 Å². The maximum Gasteiger partial charge on any atom is 0.316 e. The number of rotatable bonds is 4. The van der Waals surface area contributed by atoms with Crippen LogP contribution in [0.4, 0.5) is 0 Å². The molecule has 76 valence electrons. The van der Waals surface area contributed by atoms with Crippen LogP contribution in [0.15, 0.2) is 35.2 Å². The normalized spacial score (nSPS) is 9.87. The topological polar surface area (TPSA) is 65.2 Å². The van der Waals surface area contributed by atoms with Gasteiger partial charge in [-0.1, -0.05) is 0 Å². The molecular weight excluding hydrogens is 196 g/mol. The molecule has 5 nitrogen and oxygen atoms in total. The first kappa shape index (κ1) is 9.39. The Labute approximate surface area is 85.7 Å². The Balaban J connectivity index is 1.96. The van der Waals surface area contributed by atoms with E-state index in [9.17, 15) is 4.79 Å². The lowest BCUT2D eigenvalue weighted by molar-refractivity contribution is 0.112. The van der Waals surface area contributed by atoms with Crippen molar-refractivity contribution >= 4 is 6.29 Å². The number of aldehydes is 1. The van der Waals surface area contributed by atoms with Crippen LogP contribution in [0, 0.1) is 0 Å². The Morgan fingerprint density at radius 2 is 2.20 bits per heavy atom. The summed E-state index contributed by atoms with van der Waals surface area (Å²) in [6.07, 6.45) is 5.04. The number of furan rings is 1. The Kier molecular flexibility index (Phi) is 2.73. The summed E-state index contributed by atoms with van der Waals surface area (Å²) < 4.78 is 10.3. The molecular formula is C10H8N2O3. The van der Waals surface area contributed by atoms with E-state index in [2.05, 4.69) is 9.97 Å². The minimum atomic E-state index is 0.219. The number of carbonyl (C=O) groups is 1. The van der Waals surface area contributed by atoms with Gasteiger partial charge in [0, 0.05) is 12.4 Å². The highest BCUT2D eigenvalue weighted by atomic mass is 16.5. The van der Waals surface area contributed by atoms with E-state index in [1.165, 1.54) is 12.4 Å². The first-order valence-corrected chi connectivity index (χ1v) is 4.31. The number of carbonyl (C=O) groups excluding carboxylic acids is 1. The average Bonchev–Trinajstić information content (AvgIpc) is 2.80. The molecule has 0 saturated heterocycles. The van der Waals surface area contributed by atoms with Gasteiger partial charge in [0.15, 0.2) is 6.29 Å². The molecule has 2 rings (SSSR count). The van der Waals surface area contributed by atoms with E-state index in [1.54, 1.807) is 18.4 Å². The van der Waals surface area contributed by atoms with Crippen LogP contribution in [-0.2, 0) is 6.61 Å². The molecule has 0 spiro atoms. The van der Waals surface area contributed by atoms with Gasteiger partial charge in [-0.3, -0.25) is 4.79 Å². The van der Waals surface area contributed by atoms with Gasteiger partial charge >= 0.3 is 6.01 Å². The fraction of sp³-hybridized carbons (Fsp3) is 0.100. The quantitative estimate of drug-likeness (QED) is 0.705. The van der Waals surface area contributed by atoms with Crippen molar-refractivity contribution in [1.82, 2.24) is 9.97 Å². The van der Waals surface area contributed by atoms with Crippen LogP contribution >= 0.6 is 0 Å². The summed E-state index contributed by atoms with van der Waals surface area (Å²) in [6.45, 7) is 0.271. The molecule has 0 atom stereocenters. The molecule has 15 heavy (non-hydrogen) atoms. The van der Waals surface area contributed by atoms with Crippen molar-refractivity contribution in [2.75, 3.05) is 0 Å². The van der Waals surface area contributed by atoms with E-state index < -0.39 is 0 Å². The number of aromatic nitrogens is 2. The van der Waals surface area contributed by atoms with Crippen LogP contribution in [0.2, 0.25) is 0 Å². The molecule has 0 bridgehead atoms. The van der Waals surface area contributed by atoms with E-state index >= 15 is 0 Å². The maximum absolute atomic E-state index is 10.3. The minimum absolute atomic E-state index is 0.219. The third-order valence-corrected chi connectivity index (χ3v) is 1.71. The molecule has 0 radical (unpaired) electrons. The van der Waals surface area contributed by atoms with Crippen molar-refractivity contribution in [3.05, 3.63) is 42.1 Å². The van der Waals surface area contributed by atoms with Crippen molar-refractivity contribution in [2.45, 2.75) is 6.61 Å². The van der Waals surface area contributed by atoms with Crippen LogP contribution < -0.4 is 4.74 Å². The molecule has 0 fully saturated rings. The lowest BCUT2D eigenvalue weighted by atomic mass is 10.4. The predicted molar refractivity (Wildman–Crippen MR) is 50.5 cm³/mol. The molecule has 2 aromatic rings. The van der Waals surface area contributed by atoms with Crippen molar-refractivity contribution in [3.8, 4) is 6.01 Å². The fourth-order valence-electron chi connectivity index (χ4n) is 0.992. The summed E-state index contributed by atoms with van der Waals surface area (Å²) >= 11 is 0. The minimum Gasteiger partial charge on any atom is -0.466 e. The van der Waals surface area contributed by atoms with Gasteiger partial charge in [0.25, 0.3) is 0 Å². The zero-order valence-corrected chi connectivity index (χ0v) is 7.79. The molecule has 0 unspecified atom stereocenters. The second kappa shape index (κ2) is 4.36. The monoisotopic (exact) mass is 204 g/mol. The third-order valence-electron chi connectivity index (χ3n) is 1.71. The van der Waals surface area contributed by atoms with Crippen molar-refractivity contribution < 1.29 is 13.9 Å². The van der Waals surface area contributed by atoms with Crippen LogP contribution in [0.25, 0.3) is 0 Å². The van der Waals surface area contributed by atoms with Crippen molar-refractivity contribution in [1.29, 1.82) is 0 Å². The van der Waals surface area contributed by atoms with Crippen LogP contribution in [0.5, 0.6) is 6.01 Å². The third kappa shape index (κ3) is 2.40. The molecule has 0 aliphatic heterocycles. The van der Waals surface area contributed by atoms with Gasteiger partial charge < -0.3 is 9.15 Å². The zero-order chi connectivity index (χ0) is 10.5. The molecule has 0 N–H and O–H groups in total. The number of hydrogen-bond donors (Lipinski definition) is 0. The largest absolute Gasteiger partial charge is 0.466 e. The molecule has 5 heteroatoms. The first-order chi connectivity index (χ1) is 7.38. The second-order valence-electron chi connectivity index (χ2n) is 2.78. The van der Waals surface area contributed by atoms with Crippen molar-refractivity contribution in [3.63, 3.8) is 0 Å². The molecule has 2 aromatic heterocycles. The SMILES string of the molecule is O=Cc1cnc(OCc2ccco2)nc1. The lowest BCUT2D eigenvalue weighted by Crippen LogP contribution is -1.98. The van der Waals surface area contributed by atoms with E-state index in [0.29, 0.717) is 17.6 Å². The highest BCUT2D eigenvalue weighted by Crippen LogP contribution is 2.06. The summed E-state index contributed by atoms with van der Waals surface area (Å²) in [4.78, 5) is 18.0. The Hall–Kier alpha value is -2.17. The number of ether oxygens (including phenoxy) is 1. The number of nitrogens with zero attached hydrogens (tertiary/aromatic N) is 2. The number of hydrogen-bond acceptors (Lipinski definition) is 5. The van der Waals surface area contributed by atoms with Gasteiger partial charge in [0.1, 0.15) is 12.4 Å². The summed E-state index contributed by atoms with van der Waals surface area (Å²) in [5.41, 5.74) is 0.417. The van der Waals surface area contributed by atoms with Crippen LogP contribution in [0.1, 0.15) is 16.1 Å². The van der Waals surface area contributed by atoms with E-state index in [4.69, 9.17) is 9.15 Å². The van der Waals surface area contributed by atoms with Gasteiger partial charge in [0.05, 0.1) is 11.8 Å². The first-order valence-electron chi connectivity index (χ1n) is 4.31. The van der Waals surface area contributed by atoms with Crippen LogP contribution in [-0.4, -0.2) is 16.3 Å². The summed E-state index contributed by atoms with van der Waals surface area (Å²) in [5.74, 6) is 0.693. The summed E-state index contributed by atoms with van der Waals surface area (Å²) in [6, 6.07) is 3.78. The smallest absolute Gasteiger partial charge is 0.316 e. The lowest BCUT2D eigenvalue weighted by Gasteiger charge is -2.00. The Bertz CT molecular complexity index is 422. The highest BCUT2D eigenvalue weighted by Gasteiger charge is 2.00. The Morgan fingerprint density at radius 1 is 1.40 bits per heavy atom. The molecule has 2 heterocycles. The predicted octanol–water partition coefficient (Wildman–Crippen LogP) is 1.46. The summed E-state index contributed by atoms with van der Waals surface area (Å²) in [5, 5.41) is 0. The maximum atomic E-state index is 10.3. The molecule has 0 aliphatic carbocycles. The molecule has 0 amide bonds. The molecule has 0 saturated carbocycles. The van der Waals surface area contributed by atoms with Gasteiger partial charge in [-0.05, 0) is 12.1 Å². The molecule has 0 aromatic carbocycles. The molecule has 0 aliphatic rings. The van der Waals surface area contributed by atoms with Gasteiger partial charge in [0.2, 0.25) is 0 Å². The highest BCUT2D eigenvalue weighted by molar-refractivity contribution is 5.73. The Morgan fingerprint density at radius 3 is 2.80 bits per heavy atom. The average molecular weight is 204 g/mol. The van der Waals surface area contributed by atoms with E-state index in [1.807, 2.05) is 0 Å². The summed E-state index contributed by atoms with van der Waals surface area (Å²) in [7, 11) is 0. The van der Waals surface area contributed by atoms with Gasteiger partial charge in [-0.15, -0.1) is 0 Å². The fourth-order valence-corrected chi connectivity index (χ4v) is 0.992. The van der Waals surface area contributed by atoms with E-state index in [0.717, 1.165) is 0 Å².